The Bertz CT molecular complexity index is 463. The lowest BCUT2D eigenvalue weighted by atomic mass is 10.1. The van der Waals surface area contributed by atoms with Crippen LogP contribution in [0.5, 0.6) is 0 Å². The summed E-state index contributed by atoms with van der Waals surface area (Å²) in [7, 11) is 0. The van der Waals surface area contributed by atoms with E-state index in [1.165, 1.54) is 20.5 Å². The highest BCUT2D eigenvalue weighted by atomic mass is 32.1. The number of rotatable bonds is 2. The molecular formula is C13H14S. The zero-order valence-corrected chi connectivity index (χ0v) is 9.40. The van der Waals surface area contributed by atoms with Crippen molar-refractivity contribution in [3.63, 3.8) is 0 Å². The second kappa shape index (κ2) is 3.97. The van der Waals surface area contributed by atoms with Crippen LogP contribution in [0.1, 0.15) is 24.3 Å². The first-order chi connectivity index (χ1) is 6.86. The van der Waals surface area contributed by atoms with Crippen LogP contribution in [0.4, 0.5) is 0 Å². The van der Waals surface area contributed by atoms with Crippen LogP contribution in [0.25, 0.3) is 16.2 Å². The molecule has 1 heteroatoms. The standard InChI is InChI=1S/C13H14S/c1-3-7-10-11-8-5-6-9-13(11)14-12(10)4-2/h3,5-9H,4H2,1-2H3/b7-3-. The molecule has 0 spiro atoms. The highest BCUT2D eigenvalue weighted by molar-refractivity contribution is 7.19. The van der Waals surface area contributed by atoms with Crippen molar-refractivity contribution in [3.8, 4) is 0 Å². The van der Waals surface area contributed by atoms with Crippen molar-refractivity contribution >= 4 is 27.5 Å². The maximum absolute atomic E-state index is 2.22. The molecule has 0 atom stereocenters. The van der Waals surface area contributed by atoms with E-state index in [0.29, 0.717) is 0 Å². The first-order valence-electron chi connectivity index (χ1n) is 5.00. The molecule has 0 aliphatic carbocycles. The zero-order chi connectivity index (χ0) is 9.97. The van der Waals surface area contributed by atoms with E-state index in [0.717, 1.165) is 6.42 Å². The van der Waals surface area contributed by atoms with E-state index in [1.807, 2.05) is 11.3 Å². The number of aryl methyl sites for hydroxylation is 1. The molecule has 0 fully saturated rings. The first kappa shape index (κ1) is 9.47. The molecule has 72 valence electrons. The quantitative estimate of drug-likeness (QED) is 0.672. The summed E-state index contributed by atoms with van der Waals surface area (Å²) in [6.07, 6.45) is 5.46. The number of benzene rings is 1. The molecule has 0 bridgehead atoms. The second-order valence-corrected chi connectivity index (χ2v) is 4.43. The molecule has 0 saturated carbocycles. The Hall–Kier alpha value is -1.08. The van der Waals surface area contributed by atoms with Crippen LogP contribution < -0.4 is 0 Å². The minimum absolute atomic E-state index is 1.12. The van der Waals surface area contributed by atoms with E-state index in [9.17, 15) is 0 Å². The SMILES string of the molecule is C/C=C\c1c(CC)sc2ccccc12. The van der Waals surface area contributed by atoms with Gasteiger partial charge in [-0.25, -0.2) is 0 Å². The number of hydrogen-bond acceptors (Lipinski definition) is 1. The lowest BCUT2D eigenvalue weighted by Crippen LogP contribution is -1.76. The smallest absolute Gasteiger partial charge is 0.0351 e. The molecule has 1 aromatic heterocycles. The Morgan fingerprint density at radius 2 is 2.07 bits per heavy atom. The Balaban J connectivity index is 2.74. The van der Waals surface area contributed by atoms with E-state index in [4.69, 9.17) is 0 Å². The molecule has 2 rings (SSSR count). The van der Waals surface area contributed by atoms with E-state index in [2.05, 4.69) is 50.3 Å². The summed E-state index contributed by atoms with van der Waals surface area (Å²) in [6.45, 7) is 4.30. The van der Waals surface area contributed by atoms with Crippen molar-refractivity contribution in [2.45, 2.75) is 20.3 Å². The third kappa shape index (κ3) is 1.48. The van der Waals surface area contributed by atoms with Crippen LogP contribution >= 0.6 is 11.3 Å². The van der Waals surface area contributed by atoms with Crippen LogP contribution in [0.15, 0.2) is 30.3 Å². The average Bonchev–Trinajstić information content (AvgIpc) is 2.58. The lowest BCUT2D eigenvalue weighted by molar-refractivity contribution is 1.18. The molecule has 0 unspecified atom stereocenters. The van der Waals surface area contributed by atoms with Gasteiger partial charge in [0.2, 0.25) is 0 Å². The molecule has 1 aromatic carbocycles. The molecule has 0 radical (unpaired) electrons. The lowest BCUT2D eigenvalue weighted by Gasteiger charge is -1.94. The van der Waals surface area contributed by atoms with Gasteiger partial charge in [0.1, 0.15) is 0 Å². The number of allylic oxidation sites excluding steroid dienone is 1. The summed E-state index contributed by atoms with van der Waals surface area (Å²) in [4.78, 5) is 1.49. The van der Waals surface area contributed by atoms with Crippen LogP contribution in [0, 0.1) is 0 Å². The van der Waals surface area contributed by atoms with Crippen LogP contribution in [-0.4, -0.2) is 0 Å². The highest BCUT2D eigenvalue weighted by Crippen LogP contribution is 2.32. The minimum atomic E-state index is 1.12. The summed E-state index contributed by atoms with van der Waals surface area (Å²) >= 11 is 1.91. The normalized spacial score (nSPS) is 11.6. The number of hydrogen-bond donors (Lipinski definition) is 0. The fraction of sp³-hybridized carbons (Fsp3) is 0.231. The second-order valence-electron chi connectivity index (χ2n) is 3.29. The van der Waals surface area contributed by atoms with Crippen molar-refractivity contribution in [2.75, 3.05) is 0 Å². The van der Waals surface area contributed by atoms with Gasteiger partial charge in [-0.1, -0.05) is 37.3 Å². The summed E-state index contributed by atoms with van der Waals surface area (Å²) in [5.74, 6) is 0. The van der Waals surface area contributed by atoms with Crippen molar-refractivity contribution in [1.29, 1.82) is 0 Å². The van der Waals surface area contributed by atoms with Crippen LogP contribution in [-0.2, 0) is 6.42 Å². The van der Waals surface area contributed by atoms with Gasteiger partial charge < -0.3 is 0 Å². The van der Waals surface area contributed by atoms with Gasteiger partial charge >= 0.3 is 0 Å². The van der Waals surface area contributed by atoms with Gasteiger partial charge in [-0.05, 0) is 30.4 Å². The van der Waals surface area contributed by atoms with Crippen LogP contribution in [0.3, 0.4) is 0 Å². The van der Waals surface area contributed by atoms with Gasteiger partial charge in [0.05, 0.1) is 0 Å². The largest absolute Gasteiger partial charge is 0.140 e. The Labute approximate surface area is 88.9 Å². The third-order valence-electron chi connectivity index (χ3n) is 2.37. The summed E-state index contributed by atoms with van der Waals surface area (Å²) in [6, 6.07) is 8.63. The molecule has 0 nitrogen and oxygen atoms in total. The Morgan fingerprint density at radius 1 is 1.29 bits per heavy atom. The van der Waals surface area contributed by atoms with Crippen molar-refractivity contribution in [2.24, 2.45) is 0 Å². The van der Waals surface area contributed by atoms with E-state index >= 15 is 0 Å². The topological polar surface area (TPSA) is 0 Å². The maximum Gasteiger partial charge on any atom is 0.0351 e. The van der Waals surface area contributed by atoms with E-state index < -0.39 is 0 Å². The molecule has 0 aliphatic rings. The van der Waals surface area contributed by atoms with Crippen molar-refractivity contribution in [1.82, 2.24) is 0 Å². The van der Waals surface area contributed by atoms with E-state index in [1.54, 1.807) is 0 Å². The third-order valence-corrected chi connectivity index (χ3v) is 3.70. The predicted octanol–water partition coefficient (Wildman–Crippen LogP) is 4.50. The monoisotopic (exact) mass is 202 g/mol. The van der Waals surface area contributed by atoms with Gasteiger partial charge in [0, 0.05) is 9.58 Å². The Morgan fingerprint density at radius 3 is 2.79 bits per heavy atom. The zero-order valence-electron chi connectivity index (χ0n) is 8.58. The molecule has 0 aliphatic heterocycles. The molecule has 14 heavy (non-hydrogen) atoms. The fourth-order valence-electron chi connectivity index (χ4n) is 1.73. The minimum Gasteiger partial charge on any atom is -0.140 e. The van der Waals surface area contributed by atoms with Crippen molar-refractivity contribution < 1.29 is 0 Å². The van der Waals surface area contributed by atoms with Gasteiger partial charge in [-0.2, -0.15) is 0 Å². The maximum atomic E-state index is 2.22. The summed E-state index contributed by atoms with van der Waals surface area (Å²) < 4.78 is 1.40. The predicted molar refractivity (Wildman–Crippen MR) is 65.9 cm³/mol. The van der Waals surface area contributed by atoms with Crippen molar-refractivity contribution in [3.05, 3.63) is 40.8 Å². The van der Waals surface area contributed by atoms with E-state index in [-0.39, 0.29) is 0 Å². The molecule has 0 amide bonds. The van der Waals surface area contributed by atoms with Gasteiger partial charge in [-0.3, -0.25) is 0 Å². The van der Waals surface area contributed by atoms with Gasteiger partial charge in [-0.15, -0.1) is 11.3 Å². The number of fused-ring (bicyclic) bond motifs is 1. The molecule has 1 heterocycles. The number of thiophene rings is 1. The fourth-order valence-corrected chi connectivity index (χ4v) is 2.86. The Kier molecular flexibility index (Phi) is 2.69. The molecular weight excluding hydrogens is 188 g/mol. The van der Waals surface area contributed by atoms with Gasteiger partial charge in [0.15, 0.2) is 0 Å². The van der Waals surface area contributed by atoms with Crippen LogP contribution in [0.2, 0.25) is 0 Å². The van der Waals surface area contributed by atoms with Gasteiger partial charge in [0.25, 0.3) is 0 Å². The summed E-state index contributed by atoms with van der Waals surface area (Å²) in [5, 5.41) is 1.40. The molecule has 0 N–H and O–H groups in total. The molecule has 2 aromatic rings. The first-order valence-corrected chi connectivity index (χ1v) is 5.81. The summed E-state index contributed by atoms with van der Waals surface area (Å²) in [5.41, 5.74) is 1.41. The average molecular weight is 202 g/mol. The highest BCUT2D eigenvalue weighted by Gasteiger charge is 2.06. The molecule has 0 saturated heterocycles.